The Bertz CT molecular complexity index is 534. The largest absolute Gasteiger partial charge is 0.370 e. The molecule has 0 aromatic carbocycles. The molecular formula is C15H26IN5OS. The molecule has 2 rings (SSSR count). The van der Waals surface area contributed by atoms with Crippen molar-refractivity contribution in [3.05, 3.63) is 16.1 Å². The van der Waals surface area contributed by atoms with Crippen LogP contribution in [0.1, 0.15) is 36.9 Å². The third-order valence-electron chi connectivity index (χ3n) is 3.85. The Kier molecular flexibility index (Phi) is 8.82. The van der Waals surface area contributed by atoms with Gasteiger partial charge in [0.25, 0.3) is 0 Å². The lowest BCUT2D eigenvalue weighted by Crippen LogP contribution is -2.46. The molecule has 2 heterocycles. The minimum atomic E-state index is -0.218. The molecule has 0 bridgehead atoms. The first-order chi connectivity index (χ1) is 10.6. The molecule has 1 aromatic heterocycles. The van der Waals surface area contributed by atoms with Gasteiger partial charge in [-0.15, -0.1) is 35.3 Å². The van der Waals surface area contributed by atoms with Crippen LogP contribution in [0.3, 0.4) is 0 Å². The van der Waals surface area contributed by atoms with Crippen molar-refractivity contribution in [2.24, 2.45) is 16.6 Å². The molecule has 0 saturated carbocycles. The number of nitrogens with zero attached hydrogens (tertiary/aromatic N) is 3. The number of guanidine groups is 1. The fourth-order valence-corrected chi connectivity index (χ4v) is 3.55. The Labute approximate surface area is 159 Å². The molecular weight excluding hydrogens is 425 g/mol. The van der Waals surface area contributed by atoms with E-state index in [0.29, 0.717) is 18.9 Å². The number of hydrogen-bond acceptors (Lipinski definition) is 4. The van der Waals surface area contributed by atoms with E-state index in [4.69, 9.17) is 5.73 Å². The van der Waals surface area contributed by atoms with Crippen LogP contribution < -0.4 is 11.1 Å². The van der Waals surface area contributed by atoms with E-state index in [1.807, 2.05) is 0 Å². The van der Waals surface area contributed by atoms with Crippen molar-refractivity contribution < 1.29 is 4.79 Å². The van der Waals surface area contributed by atoms with Crippen molar-refractivity contribution in [2.45, 2.75) is 39.2 Å². The van der Waals surface area contributed by atoms with Crippen LogP contribution in [0.25, 0.3) is 0 Å². The summed E-state index contributed by atoms with van der Waals surface area (Å²) in [5.41, 5.74) is 6.37. The molecule has 3 N–H and O–H groups in total. The first kappa shape index (κ1) is 20.1. The van der Waals surface area contributed by atoms with Gasteiger partial charge in [-0.3, -0.25) is 9.79 Å². The van der Waals surface area contributed by atoms with E-state index in [0.717, 1.165) is 49.0 Å². The van der Waals surface area contributed by atoms with E-state index in [2.05, 4.69) is 32.5 Å². The first-order valence-electron chi connectivity index (χ1n) is 7.79. The molecule has 0 aliphatic carbocycles. The van der Waals surface area contributed by atoms with E-state index in [-0.39, 0.29) is 29.9 Å². The number of aryl methyl sites for hydroxylation is 1. The molecule has 0 radical (unpaired) electrons. The van der Waals surface area contributed by atoms with Crippen molar-refractivity contribution in [3.63, 3.8) is 0 Å². The lowest BCUT2D eigenvalue weighted by molar-refractivity contribution is -0.119. The number of nitrogens with two attached hydrogens (primary N) is 1. The average molecular weight is 451 g/mol. The topological polar surface area (TPSA) is 83.6 Å². The molecule has 23 heavy (non-hydrogen) atoms. The molecule has 1 saturated heterocycles. The standard InChI is InChI=1S/C15H25N5OS.HI/c1-3-14-19-12(10-22-14)8-18-15(17-2)20-6-4-5-11(9-20)7-13(16)21;/h10-11H,3-9H2,1-2H3,(H2,16,21)(H,17,18);1H. The Morgan fingerprint density at radius 1 is 1.61 bits per heavy atom. The van der Waals surface area contributed by atoms with Gasteiger partial charge in [0.2, 0.25) is 5.91 Å². The van der Waals surface area contributed by atoms with Crippen LogP contribution in [0.5, 0.6) is 0 Å². The summed E-state index contributed by atoms with van der Waals surface area (Å²) in [6.07, 6.45) is 3.55. The maximum absolute atomic E-state index is 11.1. The van der Waals surface area contributed by atoms with Crippen LogP contribution in [0.4, 0.5) is 0 Å². The predicted molar refractivity (Wildman–Crippen MR) is 105 cm³/mol. The van der Waals surface area contributed by atoms with Crippen molar-refractivity contribution >= 4 is 47.2 Å². The van der Waals surface area contributed by atoms with Gasteiger partial charge < -0.3 is 16.0 Å². The van der Waals surface area contributed by atoms with Crippen LogP contribution >= 0.6 is 35.3 Å². The van der Waals surface area contributed by atoms with Crippen LogP contribution in [0.2, 0.25) is 0 Å². The maximum atomic E-state index is 11.1. The second-order valence-corrected chi connectivity index (χ2v) is 6.55. The zero-order valence-electron chi connectivity index (χ0n) is 13.7. The Morgan fingerprint density at radius 3 is 3.00 bits per heavy atom. The molecule has 8 heteroatoms. The molecule has 130 valence electrons. The summed E-state index contributed by atoms with van der Waals surface area (Å²) in [6.45, 7) is 4.59. The SMILES string of the molecule is CCc1nc(CNC(=NC)N2CCCC(CC(N)=O)C2)cs1.I. The number of aliphatic imine (C=N–C) groups is 1. The lowest BCUT2D eigenvalue weighted by atomic mass is 9.95. The van der Waals surface area contributed by atoms with Crippen molar-refractivity contribution in [3.8, 4) is 0 Å². The predicted octanol–water partition coefficient (Wildman–Crippen LogP) is 1.99. The van der Waals surface area contributed by atoms with E-state index >= 15 is 0 Å². The maximum Gasteiger partial charge on any atom is 0.217 e. The van der Waals surface area contributed by atoms with E-state index < -0.39 is 0 Å². The second kappa shape index (κ2) is 10.1. The molecule has 1 amide bonds. The fourth-order valence-electron chi connectivity index (χ4n) is 2.80. The number of hydrogen-bond donors (Lipinski definition) is 2. The minimum absolute atomic E-state index is 0. The van der Waals surface area contributed by atoms with E-state index in [9.17, 15) is 4.79 Å². The summed E-state index contributed by atoms with van der Waals surface area (Å²) in [6, 6.07) is 0. The summed E-state index contributed by atoms with van der Waals surface area (Å²) in [7, 11) is 1.79. The van der Waals surface area contributed by atoms with Gasteiger partial charge in [0, 0.05) is 31.9 Å². The minimum Gasteiger partial charge on any atom is -0.370 e. The molecule has 0 spiro atoms. The lowest BCUT2D eigenvalue weighted by Gasteiger charge is -2.34. The number of primary amides is 1. The van der Waals surface area contributed by atoms with Gasteiger partial charge in [-0.2, -0.15) is 0 Å². The monoisotopic (exact) mass is 451 g/mol. The number of amides is 1. The normalized spacial score (nSPS) is 18.4. The highest BCUT2D eigenvalue weighted by Crippen LogP contribution is 2.19. The third-order valence-corrected chi connectivity index (χ3v) is 4.89. The summed E-state index contributed by atoms with van der Waals surface area (Å²) in [5.74, 6) is 0.986. The number of aromatic nitrogens is 1. The number of piperidine rings is 1. The summed E-state index contributed by atoms with van der Waals surface area (Å²) < 4.78 is 0. The van der Waals surface area contributed by atoms with Crippen molar-refractivity contribution in [1.82, 2.24) is 15.2 Å². The number of nitrogens with one attached hydrogen (secondary N) is 1. The highest BCUT2D eigenvalue weighted by Gasteiger charge is 2.23. The zero-order valence-corrected chi connectivity index (χ0v) is 16.9. The molecule has 1 unspecified atom stereocenters. The van der Waals surface area contributed by atoms with Gasteiger partial charge >= 0.3 is 0 Å². The highest BCUT2D eigenvalue weighted by atomic mass is 127. The number of carbonyl (C=O) groups is 1. The smallest absolute Gasteiger partial charge is 0.217 e. The third kappa shape index (κ3) is 6.25. The van der Waals surface area contributed by atoms with Gasteiger partial charge in [0.05, 0.1) is 17.2 Å². The summed E-state index contributed by atoms with van der Waals surface area (Å²) in [4.78, 5) is 22.2. The summed E-state index contributed by atoms with van der Waals surface area (Å²) in [5, 5.41) is 6.62. The Morgan fingerprint density at radius 2 is 2.39 bits per heavy atom. The molecule has 1 aliphatic heterocycles. The Balaban J connectivity index is 0.00000264. The number of carbonyl (C=O) groups excluding carboxylic acids is 1. The zero-order chi connectivity index (χ0) is 15.9. The fraction of sp³-hybridized carbons (Fsp3) is 0.667. The number of halogens is 1. The summed E-state index contributed by atoms with van der Waals surface area (Å²) >= 11 is 1.70. The molecule has 1 aliphatic rings. The van der Waals surface area contributed by atoms with Gasteiger partial charge in [0.1, 0.15) is 0 Å². The average Bonchev–Trinajstić information content (AvgIpc) is 2.96. The van der Waals surface area contributed by atoms with Crippen LogP contribution in [-0.4, -0.2) is 41.9 Å². The Hall–Kier alpha value is -0.900. The number of thiazole rings is 1. The van der Waals surface area contributed by atoms with Crippen molar-refractivity contribution in [2.75, 3.05) is 20.1 Å². The number of likely N-dealkylation sites (tertiary alicyclic amines) is 1. The van der Waals surface area contributed by atoms with Crippen LogP contribution in [0, 0.1) is 5.92 Å². The first-order valence-corrected chi connectivity index (χ1v) is 8.67. The van der Waals surface area contributed by atoms with Gasteiger partial charge in [-0.25, -0.2) is 4.98 Å². The molecule has 1 aromatic rings. The van der Waals surface area contributed by atoms with E-state index in [1.54, 1.807) is 18.4 Å². The highest BCUT2D eigenvalue weighted by molar-refractivity contribution is 14.0. The van der Waals surface area contributed by atoms with Gasteiger partial charge in [-0.1, -0.05) is 6.92 Å². The molecule has 1 atom stereocenters. The second-order valence-electron chi connectivity index (χ2n) is 5.61. The quantitative estimate of drug-likeness (QED) is 0.408. The van der Waals surface area contributed by atoms with Crippen molar-refractivity contribution in [1.29, 1.82) is 0 Å². The molecule has 6 nitrogen and oxygen atoms in total. The van der Waals surface area contributed by atoms with Crippen LogP contribution in [0.15, 0.2) is 10.4 Å². The van der Waals surface area contributed by atoms with Gasteiger partial charge in [0.15, 0.2) is 5.96 Å². The van der Waals surface area contributed by atoms with Crippen LogP contribution in [-0.2, 0) is 17.8 Å². The number of rotatable bonds is 5. The van der Waals surface area contributed by atoms with Gasteiger partial charge in [-0.05, 0) is 25.2 Å². The van der Waals surface area contributed by atoms with E-state index in [1.165, 1.54) is 0 Å². The molecule has 1 fully saturated rings.